The van der Waals surface area contributed by atoms with Gasteiger partial charge in [-0.25, -0.2) is 14.4 Å². The highest BCUT2D eigenvalue weighted by Gasteiger charge is 2.36. The van der Waals surface area contributed by atoms with Crippen molar-refractivity contribution in [3.63, 3.8) is 0 Å². The van der Waals surface area contributed by atoms with Crippen LogP contribution in [0.15, 0.2) is 61.1 Å². The number of carbonyl (C=O) groups is 2. The lowest BCUT2D eigenvalue weighted by Crippen LogP contribution is -2.41. The molecular formula is C28H26FN5O4. The Labute approximate surface area is 218 Å². The van der Waals surface area contributed by atoms with Gasteiger partial charge < -0.3 is 24.7 Å². The van der Waals surface area contributed by atoms with Gasteiger partial charge in [-0.3, -0.25) is 9.59 Å². The zero-order valence-electron chi connectivity index (χ0n) is 20.5. The Balaban J connectivity index is 1.25. The number of epoxide rings is 1. The number of nitrogens with one attached hydrogen (secondary N) is 2. The second kappa shape index (κ2) is 10.2. The zero-order valence-corrected chi connectivity index (χ0v) is 20.5. The van der Waals surface area contributed by atoms with Gasteiger partial charge in [-0.15, -0.1) is 0 Å². The number of likely N-dealkylation sites (tertiary alicyclic amines) is 1. The molecule has 2 aliphatic heterocycles. The van der Waals surface area contributed by atoms with E-state index >= 15 is 4.39 Å². The summed E-state index contributed by atoms with van der Waals surface area (Å²) in [5.74, 6) is 0.147. The van der Waals surface area contributed by atoms with Gasteiger partial charge in [-0.2, -0.15) is 0 Å². The number of rotatable bonds is 7. The van der Waals surface area contributed by atoms with Crippen LogP contribution in [0.1, 0.15) is 35.2 Å². The lowest BCUT2D eigenvalue weighted by molar-refractivity contribution is -0.132. The maximum Gasteiger partial charge on any atom is 0.254 e. The van der Waals surface area contributed by atoms with Crippen molar-refractivity contribution >= 4 is 28.5 Å². The Morgan fingerprint density at radius 1 is 1.08 bits per heavy atom. The summed E-state index contributed by atoms with van der Waals surface area (Å²) in [6.07, 6.45) is 5.30. The van der Waals surface area contributed by atoms with Crippen LogP contribution in [-0.4, -0.2) is 63.4 Å². The van der Waals surface area contributed by atoms with Crippen molar-refractivity contribution in [1.82, 2.24) is 19.9 Å². The first kappa shape index (κ1) is 24.1. The molecule has 2 unspecified atom stereocenters. The molecular weight excluding hydrogens is 489 g/mol. The number of benzene rings is 2. The van der Waals surface area contributed by atoms with E-state index in [2.05, 4.69) is 20.3 Å². The van der Waals surface area contributed by atoms with Crippen LogP contribution < -0.4 is 10.1 Å². The molecule has 1 amide bonds. The van der Waals surface area contributed by atoms with Crippen molar-refractivity contribution in [3.8, 4) is 11.5 Å². The van der Waals surface area contributed by atoms with Gasteiger partial charge in [0.15, 0.2) is 11.9 Å². The zero-order chi connectivity index (χ0) is 26.1. The van der Waals surface area contributed by atoms with Crippen LogP contribution in [0.2, 0.25) is 0 Å². The number of hydrogen-bond acceptors (Lipinski definition) is 7. The van der Waals surface area contributed by atoms with E-state index in [1.165, 1.54) is 24.7 Å². The van der Waals surface area contributed by atoms with Gasteiger partial charge in [-0.1, -0.05) is 18.2 Å². The molecule has 0 saturated carbocycles. The predicted octanol–water partition coefficient (Wildman–Crippen LogP) is 4.31. The average Bonchev–Trinajstić information content (AvgIpc) is 3.72. The number of nitrogens with zero attached hydrogens (tertiary/aromatic N) is 3. The van der Waals surface area contributed by atoms with Crippen LogP contribution in [-0.2, 0) is 9.53 Å². The van der Waals surface area contributed by atoms with Crippen LogP contribution >= 0.6 is 0 Å². The van der Waals surface area contributed by atoms with Gasteiger partial charge in [-0.05, 0) is 43.5 Å². The fourth-order valence-corrected chi connectivity index (χ4v) is 4.81. The second-order valence-corrected chi connectivity index (χ2v) is 9.48. The van der Waals surface area contributed by atoms with E-state index in [1.807, 2.05) is 23.1 Å². The Morgan fingerprint density at radius 3 is 2.71 bits per heavy atom. The van der Waals surface area contributed by atoms with Crippen LogP contribution in [0.5, 0.6) is 11.5 Å². The van der Waals surface area contributed by atoms with Crippen LogP contribution in [0, 0.1) is 5.82 Å². The van der Waals surface area contributed by atoms with Gasteiger partial charge >= 0.3 is 0 Å². The summed E-state index contributed by atoms with van der Waals surface area (Å²) in [6, 6.07) is 13.1. The van der Waals surface area contributed by atoms with E-state index in [0.717, 1.165) is 19.3 Å². The molecule has 9 nitrogen and oxygen atoms in total. The minimum Gasteiger partial charge on any atom is -0.457 e. The molecule has 2 atom stereocenters. The average molecular weight is 516 g/mol. The van der Waals surface area contributed by atoms with Crippen LogP contribution in [0.25, 0.3) is 11.0 Å². The Bertz CT molecular complexity index is 1490. The number of carbonyl (C=O) groups excluding carboxylic acids is 2. The first-order valence-electron chi connectivity index (χ1n) is 12.6. The number of hydrogen-bond donors (Lipinski definition) is 2. The highest BCUT2D eigenvalue weighted by atomic mass is 19.1. The molecule has 2 aliphatic rings. The molecule has 0 aliphatic carbocycles. The number of H-pyrrole nitrogens is 1. The summed E-state index contributed by atoms with van der Waals surface area (Å²) in [5, 5.41) is 3.90. The molecule has 0 radical (unpaired) electrons. The minimum atomic E-state index is -0.690. The smallest absolute Gasteiger partial charge is 0.254 e. The quantitative estimate of drug-likeness (QED) is 0.279. The maximum atomic E-state index is 15.1. The molecule has 38 heavy (non-hydrogen) atoms. The summed E-state index contributed by atoms with van der Waals surface area (Å²) in [5.41, 5.74) is 0.631. The third-order valence-corrected chi connectivity index (χ3v) is 6.81. The summed E-state index contributed by atoms with van der Waals surface area (Å²) < 4.78 is 26.0. The molecule has 2 N–H and O–H groups in total. The molecule has 4 aromatic rings. The monoisotopic (exact) mass is 515 g/mol. The highest BCUT2D eigenvalue weighted by molar-refractivity contribution is 6.18. The Hall–Kier alpha value is -4.31. The largest absolute Gasteiger partial charge is 0.457 e. The number of anilines is 1. The molecule has 2 fully saturated rings. The second-order valence-electron chi connectivity index (χ2n) is 9.48. The SMILES string of the molecule is O=C(c1ccc(Oc2ccccc2)cc1F)c1c[nH]c2ncnc(NC3CCCCN(C(=O)C4CO4)C3)c12. The topological polar surface area (TPSA) is 113 Å². The molecule has 0 bridgehead atoms. The highest BCUT2D eigenvalue weighted by Crippen LogP contribution is 2.30. The fraction of sp³-hybridized carbons (Fsp3) is 0.286. The third kappa shape index (κ3) is 4.95. The van der Waals surface area contributed by atoms with E-state index in [0.29, 0.717) is 48.0 Å². The molecule has 0 spiro atoms. The van der Waals surface area contributed by atoms with Crippen molar-refractivity contribution < 1.29 is 23.5 Å². The number of fused-ring (bicyclic) bond motifs is 1. The Morgan fingerprint density at radius 2 is 1.92 bits per heavy atom. The third-order valence-electron chi connectivity index (χ3n) is 6.81. The molecule has 4 heterocycles. The first-order valence-corrected chi connectivity index (χ1v) is 12.6. The van der Waals surface area contributed by atoms with Crippen molar-refractivity contribution in [3.05, 3.63) is 78.0 Å². The molecule has 2 saturated heterocycles. The van der Waals surface area contributed by atoms with Crippen molar-refractivity contribution in [2.75, 3.05) is 25.0 Å². The van der Waals surface area contributed by atoms with Crippen molar-refractivity contribution in [2.24, 2.45) is 0 Å². The molecule has 6 rings (SSSR count). The van der Waals surface area contributed by atoms with E-state index in [-0.39, 0.29) is 29.2 Å². The van der Waals surface area contributed by atoms with E-state index in [4.69, 9.17) is 9.47 Å². The summed E-state index contributed by atoms with van der Waals surface area (Å²) >= 11 is 0. The van der Waals surface area contributed by atoms with Crippen molar-refractivity contribution in [2.45, 2.75) is 31.4 Å². The van der Waals surface area contributed by atoms with Gasteiger partial charge in [0.05, 0.1) is 23.1 Å². The van der Waals surface area contributed by atoms with Gasteiger partial charge in [0.1, 0.15) is 35.1 Å². The molecule has 194 valence electrons. The van der Waals surface area contributed by atoms with Gasteiger partial charge in [0, 0.05) is 31.4 Å². The van der Waals surface area contributed by atoms with Crippen molar-refractivity contribution in [1.29, 1.82) is 0 Å². The summed E-state index contributed by atoms with van der Waals surface area (Å²) in [7, 11) is 0. The molecule has 2 aromatic heterocycles. The van der Waals surface area contributed by atoms with E-state index < -0.39 is 11.6 Å². The number of aromatic nitrogens is 3. The minimum absolute atomic E-state index is 0.0132. The first-order chi connectivity index (χ1) is 18.6. The number of aromatic amines is 1. The van der Waals surface area contributed by atoms with Crippen LogP contribution in [0.4, 0.5) is 10.2 Å². The number of ketones is 1. The lowest BCUT2D eigenvalue weighted by atomic mass is 10.0. The molecule has 10 heteroatoms. The standard InChI is InChI=1S/C28H26FN5O4/c29-22-12-19(38-18-7-2-1-3-8-18)9-10-20(22)25(35)21-13-30-26-24(21)27(32-16-31-26)33-17-6-4-5-11-34(14-17)28(36)23-15-37-23/h1-3,7-10,12-13,16-17,23H,4-6,11,14-15H2,(H2,30,31,32,33). The van der Waals surface area contributed by atoms with Crippen LogP contribution in [0.3, 0.4) is 0 Å². The van der Waals surface area contributed by atoms with E-state index in [1.54, 1.807) is 18.2 Å². The maximum absolute atomic E-state index is 15.1. The summed E-state index contributed by atoms with van der Waals surface area (Å²) in [4.78, 5) is 39.6. The van der Waals surface area contributed by atoms with Gasteiger partial charge in [0.2, 0.25) is 0 Å². The van der Waals surface area contributed by atoms with Gasteiger partial charge in [0.25, 0.3) is 5.91 Å². The fourth-order valence-electron chi connectivity index (χ4n) is 4.81. The normalized spacial score (nSPS) is 19.1. The summed E-state index contributed by atoms with van der Waals surface area (Å²) in [6.45, 7) is 1.67. The predicted molar refractivity (Wildman–Crippen MR) is 138 cm³/mol. The number of amides is 1. The number of para-hydroxylation sites is 1. The molecule has 2 aromatic carbocycles. The van der Waals surface area contributed by atoms with E-state index in [9.17, 15) is 9.59 Å². The Kier molecular flexibility index (Phi) is 6.47. The number of halogens is 1. The lowest BCUT2D eigenvalue weighted by Gasteiger charge is -2.25. The number of ether oxygens (including phenoxy) is 2.